The Morgan fingerprint density at radius 1 is 1.03 bits per heavy atom. The van der Waals surface area contributed by atoms with E-state index in [1.807, 2.05) is 41.3 Å². The fourth-order valence-electron chi connectivity index (χ4n) is 3.89. The van der Waals surface area contributed by atoms with Crippen LogP contribution >= 0.6 is 11.6 Å². The van der Waals surface area contributed by atoms with Crippen LogP contribution in [0.25, 0.3) is 0 Å². The van der Waals surface area contributed by atoms with Gasteiger partial charge < -0.3 is 15.0 Å². The molecule has 0 aliphatic carbocycles. The topological polar surface area (TPSA) is 58.6 Å². The van der Waals surface area contributed by atoms with Gasteiger partial charge in [-0.15, -0.1) is 0 Å². The molecule has 31 heavy (non-hydrogen) atoms. The highest BCUT2D eigenvalue weighted by molar-refractivity contribution is 6.30. The molecule has 6 heteroatoms. The molecule has 2 amide bonds. The SMILES string of the molecule is CCOC(=O)c1ccc(NC(=O)N2CCc3ccccc3C2c2ccc(Cl)cc2)cc1. The Morgan fingerprint density at radius 3 is 2.45 bits per heavy atom. The third-order valence-corrected chi connectivity index (χ3v) is 5.63. The van der Waals surface area contributed by atoms with Crippen molar-refractivity contribution in [2.45, 2.75) is 19.4 Å². The number of nitrogens with zero attached hydrogens (tertiary/aromatic N) is 1. The fourth-order valence-corrected chi connectivity index (χ4v) is 4.02. The van der Waals surface area contributed by atoms with Crippen LogP contribution in [-0.2, 0) is 11.2 Å². The number of amides is 2. The van der Waals surface area contributed by atoms with Crippen LogP contribution < -0.4 is 5.32 Å². The Hall–Kier alpha value is -3.31. The van der Waals surface area contributed by atoms with Crippen molar-refractivity contribution in [1.82, 2.24) is 4.90 Å². The lowest BCUT2D eigenvalue weighted by atomic mass is 9.88. The van der Waals surface area contributed by atoms with Crippen LogP contribution in [0.3, 0.4) is 0 Å². The first-order valence-electron chi connectivity index (χ1n) is 10.2. The molecule has 5 nitrogen and oxygen atoms in total. The maximum Gasteiger partial charge on any atom is 0.338 e. The standard InChI is InChI=1S/C25H23ClN2O3/c1-2-31-24(29)19-9-13-21(14-10-19)27-25(30)28-16-15-17-5-3-4-6-22(17)23(28)18-7-11-20(26)12-8-18/h3-14,23H,2,15-16H2,1H3,(H,27,30). The average Bonchev–Trinajstić information content (AvgIpc) is 2.79. The molecule has 0 saturated carbocycles. The summed E-state index contributed by atoms with van der Waals surface area (Å²) in [6.45, 7) is 2.68. The van der Waals surface area contributed by atoms with Crippen LogP contribution in [0.4, 0.5) is 10.5 Å². The summed E-state index contributed by atoms with van der Waals surface area (Å²) in [5, 5.41) is 3.62. The smallest absolute Gasteiger partial charge is 0.338 e. The second-order valence-corrected chi connectivity index (χ2v) is 7.76. The number of halogens is 1. The maximum atomic E-state index is 13.2. The van der Waals surface area contributed by atoms with E-state index in [0.29, 0.717) is 29.4 Å². The monoisotopic (exact) mass is 434 g/mol. The van der Waals surface area contributed by atoms with Crippen molar-refractivity contribution in [3.8, 4) is 0 Å². The fraction of sp³-hybridized carbons (Fsp3) is 0.200. The lowest BCUT2D eigenvalue weighted by Gasteiger charge is -2.37. The molecule has 3 aromatic carbocycles. The van der Waals surface area contributed by atoms with Crippen LogP contribution in [0.2, 0.25) is 5.02 Å². The maximum absolute atomic E-state index is 13.2. The normalized spacial score (nSPS) is 15.2. The van der Waals surface area contributed by atoms with Gasteiger partial charge in [0.05, 0.1) is 18.2 Å². The number of hydrogen-bond donors (Lipinski definition) is 1. The Labute approximate surface area is 186 Å². The number of anilines is 1. The summed E-state index contributed by atoms with van der Waals surface area (Å²) in [6.07, 6.45) is 0.787. The van der Waals surface area contributed by atoms with Gasteiger partial charge in [-0.1, -0.05) is 48.0 Å². The van der Waals surface area contributed by atoms with Crippen LogP contribution in [0, 0.1) is 0 Å². The largest absolute Gasteiger partial charge is 0.462 e. The number of urea groups is 1. The lowest BCUT2D eigenvalue weighted by Crippen LogP contribution is -2.43. The molecule has 0 radical (unpaired) electrons. The van der Waals surface area contributed by atoms with Crippen molar-refractivity contribution in [3.05, 3.63) is 100 Å². The molecule has 0 bridgehead atoms. The van der Waals surface area contributed by atoms with E-state index in [9.17, 15) is 9.59 Å². The minimum Gasteiger partial charge on any atom is -0.462 e. The Bertz CT molecular complexity index is 1080. The molecule has 3 aromatic rings. The summed E-state index contributed by atoms with van der Waals surface area (Å²) >= 11 is 6.09. The van der Waals surface area contributed by atoms with Gasteiger partial charge in [0.15, 0.2) is 0 Å². The van der Waals surface area contributed by atoms with Gasteiger partial charge in [0.25, 0.3) is 0 Å². The highest BCUT2D eigenvalue weighted by Gasteiger charge is 2.32. The van der Waals surface area contributed by atoms with E-state index in [1.54, 1.807) is 31.2 Å². The van der Waals surface area contributed by atoms with Crippen LogP contribution in [0.1, 0.15) is 40.0 Å². The Balaban J connectivity index is 1.59. The minimum absolute atomic E-state index is 0.196. The molecule has 1 unspecified atom stereocenters. The zero-order chi connectivity index (χ0) is 21.8. The molecule has 1 atom stereocenters. The number of esters is 1. The molecule has 0 fully saturated rings. The molecular weight excluding hydrogens is 412 g/mol. The Morgan fingerprint density at radius 2 is 1.74 bits per heavy atom. The van der Waals surface area contributed by atoms with Crippen molar-refractivity contribution in [1.29, 1.82) is 0 Å². The first kappa shape index (κ1) is 20.9. The van der Waals surface area contributed by atoms with E-state index >= 15 is 0 Å². The molecule has 1 N–H and O–H groups in total. The zero-order valence-corrected chi connectivity index (χ0v) is 17.9. The van der Waals surface area contributed by atoms with Gasteiger partial charge in [0.1, 0.15) is 0 Å². The summed E-state index contributed by atoms with van der Waals surface area (Å²) in [4.78, 5) is 26.9. The van der Waals surface area contributed by atoms with Crippen molar-refractivity contribution in [2.24, 2.45) is 0 Å². The first-order chi connectivity index (χ1) is 15.1. The summed E-state index contributed by atoms with van der Waals surface area (Å²) < 4.78 is 5.00. The third-order valence-electron chi connectivity index (χ3n) is 5.38. The van der Waals surface area contributed by atoms with E-state index in [0.717, 1.165) is 17.5 Å². The number of nitrogens with one attached hydrogen (secondary N) is 1. The van der Waals surface area contributed by atoms with Gasteiger partial charge in [0, 0.05) is 17.3 Å². The second-order valence-electron chi connectivity index (χ2n) is 7.32. The number of carbonyl (C=O) groups excluding carboxylic acids is 2. The molecular formula is C25H23ClN2O3. The predicted octanol–water partition coefficient (Wildman–Crippen LogP) is 5.70. The molecule has 0 spiro atoms. The van der Waals surface area contributed by atoms with Gasteiger partial charge in [0.2, 0.25) is 0 Å². The summed E-state index contributed by atoms with van der Waals surface area (Å²) in [5.74, 6) is -0.379. The number of ether oxygens (including phenoxy) is 1. The van der Waals surface area contributed by atoms with Gasteiger partial charge in [-0.3, -0.25) is 0 Å². The van der Waals surface area contributed by atoms with Crippen LogP contribution in [0.15, 0.2) is 72.8 Å². The van der Waals surface area contributed by atoms with Gasteiger partial charge >= 0.3 is 12.0 Å². The molecule has 0 saturated heterocycles. The third kappa shape index (κ3) is 4.57. The summed E-state index contributed by atoms with van der Waals surface area (Å²) in [6, 6.07) is 22.1. The van der Waals surface area contributed by atoms with Gasteiger partial charge in [-0.2, -0.15) is 0 Å². The average molecular weight is 435 g/mol. The van der Waals surface area contributed by atoms with Crippen molar-refractivity contribution >= 4 is 29.3 Å². The predicted molar refractivity (Wildman–Crippen MR) is 122 cm³/mol. The van der Waals surface area contributed by atoms with E-state index in [4.69, 9.17) is 16.3 Å². The molecule has 1 heterocycles. The van der Waals surface area contributed by atoms with Crippen LogP contribution in [-0.4, -0.2) is 30.1 Å². The van der Waals surface area contributed by atoms with Crippen molar-refractivity contribution in [3.63, 3.8) is 0 Å². The zero-order valence-electron chi connectivity index (χ0n) is 17.2. The number of rotatable bonds is 4. The lowest BCUT2D eigenvalue weighted by molar-refractivity contribution is 0.0526. The number of fused-ring (bicyclic) bond motifs is 1. The molecule has 1 aliphatic heterocycles. The van der Waals surface area contributed by atoms with Crippen molar-refractivity contribution < 1.29 is 14.3 Å². The van der Waals surface area contributed by atoms with Crippen LogP contribution in [0.5, 0.6) is 0 Å². The number of carbonyl (C=O) groups is 2. The van der Waals surface area contributed by atoms with E-state index in [2.05, 4.69) is 17.4 Å². The highest BCUT2D eigenvalue weighted by Crippen LogP contribution is 2.36. The number of benzene rings is 3. The molecule has 0 aromatic heterocycles. The number of hydrogen-bond acceptors (Lipinski definition) is 3. The van der Waals surface area contributed by atoms with Gasteiger partial charge in [-0.05, 0) is 66.4 Å². The molecule has 1 aliphatic rings. The summed E-state index contributed by atoms with van der Waals surface area (Å²) in [7, 11) is 0. The minimum atomic E-state index is -0.379. The van der Waals surface area contributed by atoms with Crippen molar-refractivity contribution in [2.75, 3.05) is 18.5 Å². The highest BCUT2D eigenvalue weighted by atomic mass is 35.5. The second kappa shape index (κ2) is 9.23. The summed E-state index contributed by atoms with van der Waals surface area (Å²) in [5.41, 5.74) is 4.43. The molecule has 4 rings (SSSR count). The van der Waals surface area contributed by atoms with Gasteiger partial charge in [-0.25, -0.2) is 9.59 Å². The quantitative estimate of drug-likeness (QED) is 0.536. The molecule has 158 valence electrons. The first-order valence-corrected chi connectivity index (χ1v) is 10.6. The van der Waals surface area contributed by atoms with E-state index < -0.39 is 0 Å². The van der Waals surface area contributed by atoms with E-state index in [1.165, 1.54) is 5.56 Å². The van der Waals surface area contributed by atoms with E-state index in [-0.39, 0.29) is 18.0 Å². The Kier molecular flexibility index (Phi) is 6.23.